The first kappa shape index (κ1) is 17.3. The molecule has 0 saturated heterocycles. The zero-order valence-corrected chi connectivity index (χ0v) is 14.5. The molecule has 0 atom stereocenters. The zero-order chi connectivity index (χ0) is 17.0. The van der Waals surface area contributed by atoms with E-state index in [9.17, 15) is 4.79 Å². The molecule has 0 aliphatic rings. The van der Waals surface area contributed by atoms with Gasteiger partial charge in [0.2, 0.25) is 11.7 Å². The molecule has 0 aliphatic carbocycles. The van der Waals surface area contributed by atoms with Crippen molar-refractivity contribution in [2.24, 2.45) is 0 Å². The minimum atomic E-state index is -0.344. The number of hydrogen-bond acceptors (Lipinski definition) is 4. The van der Waals surface area contributed by atoms with E-state index in [-0.39, 0.29) is 16.6 Å². The number of aryl methyl sites for hydroxylation is 1. The van der Waals surface area contributed by atoms with Crippen LogP contribution in [0.4, 0.5) is 0 Å². The molecule has 1 aromatic carbocycles. The summed E-state index contributed by atoms with van der Waals surface area (Å²) in [6, 6.07) is 10.1. The van der Waals surface area contributed by atoms with Crippen molar-refractivity contribution in [1.82, 2.24) is 9.88 Å². The smallest absolute Gasteiger partial charge is 0.231 e. The van der Waals surface area contributed by atoms with Gasteiger partial charge in [-0.2, -0.15) is 0 Å². The Kier molecular flexibility index (Phi) is 5.64. The monoisotopic (exact) mass is 350 g/mol. The van der Waals surface area contributed by atoms with Crippen LogP contribution in [0.5, 0.6) is 5.88 Å². The van der Waals surface area contributed by atoms with Gasteiger partial charge >= 0.3 is 0 Å². The molecule has 0 aliphatic heterocycles. The third kappa shape index (κ3) is 4.71. The van der Waals surface area contributed by atoms with Gasteiger partial charge in [0.05, 0.1) is 5.02 Å². The maximum absolute atomic E-state index is 12.7. The summed E-state index contributed by atoms with van der Waals surface area (Å²) in [7, 11) is 3.59. The van der Waals surface area contributed by atoms with E-state index in [1.54, 1.807) is 43.4 Å². The van der Waals surface area contributed by atoms with Gasteiger partial charge in [0.1, 0.15) is 0 Å². The number of halogens is 2. The van der Waals surface area contributed by atoms with Crippen LogP contribution in [0.1, 0.15) is 16.1 Å². The summed E-state index contributed by atoms with van der Waals surface area (Å²) in [5.74, 6) is 0.123. The fourth-order valence-electron chi connectivity index (χ4n) is 1.86. The van der Waals surface area contributed by atoms with Gasteiger partial charge in [-0.05, 0) is 31.2 Å². The van der Waals surface area contributed by atoms with Gasteiger partial charge in [0.15, 0.2) is 5.76 Å². The first-order valence-electron chi connectivity index (χ1n) is 6.86. The van der Waals surface area contributed by atoms with Crippen LogP contribution in [0, 0.1) is 6.92 Å². The van der Waals surface area contributed by atoms with Gasteiger partial charge in [0.25, 0.3) is 0 Å². The lowest BCUT2D eigenvalue weighted by Crippen LogP contribution is -2.15. The SMILES string of the molecule is Cc1cccc(O/C(=C/N(C)C)C(=O)c2ccc(Cl)cc2Cl)n1. The third-order valence-electron chi connectivity index (χ3n) is 2.85. The van der Waals surface area contributed by atoms with Gasteiger partial charge < -0.3 is 9.64 Å². The Morgan fingerprint density at radius 3 is 2.57 bits per heavy atom. The first-order chi connectivity index (χ1) is 10.9. The topological polar surface area (TPSA) is 42.4 Å². The van der Waals surface area contributed by atoms with Crippen LogP contribution in [0.15, 0.2) is 48.4 Å². The molecule has 0 amide bonds. The van der Waals surface area contributed by atoms with Crippen molar-refractivity contribution in [2.45, 2.75) is 6.92 Å². The molecule has 0 unspecified atom stereocenters. The summed E-state index contributed by atoms with van der Waals surface area (Å²) in [6.45, 7) is 1.85. The lowest BCUT2D eigenvalue weighted by atomic mass is 10.1. The highest BCUT2D eigenvalue weighted by atomic mass is 35.5. The minimum absolute atomic E-state index is 0.123. The molecular formula is C17H16Cl2N2O2. The lowest BCUT2D eigenvalue weighted by molar-refractivity contribution is 0.0980. The molecule has 1 heterocycles. The fourth-order valence-corrected chi connectivity index (χ4v) is 2.35. The molecule has 0 N–H and O–H groups in total. The van der Waals surface area contributed by atoms with Gasteiger partial charge in [-0.25, -0.2) is 4.98 Å². The number of pyridine rings is 1. The fraction of sp³-hybridized carbons (Fsp3) is 0.176. The number of aromatic nitrogens is 1. The second kappa shape index (κ2) is 7.49. The number of ketones is 1. The third-order valence-corrected chi connectivity index (χ3v) is 3.40. The van der Waals surface area contributed by atoms with Crippen LogP contribution in [-0.2, 0) is 0 Å². The average molecular weight is 351 g/mol. The Balaban J connectivity index is 2.37. The summed E-state index contributed by atoms with van der Waals surface area (Å²) in [6.07, 6.45) is 1.58. The van der Waals surface area contributed by atoms with E-state index in [0.29, 0.717) is 16.5 Å². The molecule has 2 rings (SSSR count). The van der Waals surface area contributed by atoms with Crippen LogP contribution in [-0.4, -0.2) is 29.8 Å². The van der Waals surface area contributed by atoms with E-state index in [1.165, 1.54) is 6.07 Å². The van der Waals surface area contributed by atoms with E-state index >= 15 is 0 Å². The summed E-state index contributed by atoms with van der Waals surface area (Å²) in [5, 5.41) is 0.735. The highest BCUT2D eigenvalue weighted by Crippen LogP contribution is 2.24. The Hall–Kier alpha value is -2.04. The molecule has 0 spiro atoms. The average Bonchev–Trinajstić information content (AvgIpc) is 2.45. The molecule has 4 nitrogen and oxygen atoms in total. The quantitative estimate of drug-likeness (QED) is 0.456. The molecule has 0 saturated carbocycles. The standard InChI is InChI=1S/C17H16Cl2N2O2/c1-11-5-4-6-16(20-11)23-15(10-21(2)3)17(22)13-8-7-12(18)9-14(13)19/h4-10H,1-3H3/b15-10+. The molecule has 0 radical (unpaired) electrons. The molecule has 120 valence electrons. The number of hydrogen-bond donors (Lipinski definition) is 0. The number of ether oxygens (including phenoxy) is 1. The molecule has 0 bridgehead atoms. The summed E-state index contributed by atoms with van der Waals surface area (Å²) in [5.41, 5.74) is 1.11. The molecule has 2 aromatic rings. The number of nitrogens with zero attached hydrogens (tertiary/aromatic N) is 2. The number of Topliss-reactive ketones (excluding diaryl/α,β-unsaturated/α-hetero) is 1. The van der Waals surface area contributed by atoms with E-state index in [1.807, 2.05) is 19.1 Å². The number of allylic oxidation sites excluding steroid dienone is 1. The maximum atomic E-state index is 12.7. The molecule has 6 heteroatoms. The molecular weight excluding hydrogens is 335 g/mol. The van der Waals surface area contributed by atoms with Gasteiger partial charge in [-0.1, -0.05) is 29.3 Å². The van der Waals surface area contributed by atoms with Gasteiger partial charge in [0, 0.05) is 42.6 Å². The lowest BCUT2D eigenvalue weighted by Gasteiger charge is -2.13. The van der Waals surface area contributed by atoms with E-state index in [4.69, 9.17) is 27.9 Å². The van der Waals surface area contributed by atoms with Crippen molar-refractivity contribution in [3.05, 3.63) is 69.7 Å². The Bertz CT molecular complexity index is 758. The van der Waals surface area contributed by atoms with Crippen molar-refractivity contribution in [1.29, 1.82) is 0 Å². The Morgan fingerprint density at radius 2 is 1.96 bits per heavy atom. The van der Waals surface area contributed by atoms with Crippen molar-refractivity contribution < 1.29 is 9.53 Å². The van der Waals surface area contributed by atoms with E-state index in [0.717, 1.165) is 5.69 Å². The van der Waals surface area contributed by atoms with Crippen molar-refractivity contribution in [3.8, 4) is 5.88 Å². The maximum Gasteiger partial charge on any atom is 0.231 e. The van der Waals surface area contributed by atoms with Crippen LogP contribution >= 0.6 is 23.2 Å². The van der Waals surface area contributed by atoms with Gasteiger partial charge in [-0.15, -0.1) is 0 Å². The summed E-state index contributed by atoms with van der Waals surface area (Å²) < 4.78 is 5.67. The second-order valence-electron chi connectivity index (χ2n) is 5.13. The number of carbonyl (C=O) groups excluding carboxylic acids is 1. The Labute approximate surface area is 145 Å². The van der Waals surface area contributed by atoms with Crippen molar-refractivity contribution >= 4 is 29.0 Å². The molecule has 0 fully saturated rings. The van der Waals surface area contributed by atoms with E-state index in [2.05, 4.69) is 4.98 Å². The van der Waals surface area contributed by atoms with Crippen LogP contribution in [0.3, 0.4) is 0 Å². The number of carbonyl (C=O) groups is 1. The van der Waals surface area contributed by atoms with E-state index < -0.39 is 0 Å². The highest BCUT2D eigenvalue weighted by molar-refractivity contribution is 6.37. The first-order valence-corrected chi connectivity index (χ1v) is 7.62. The van der Waals surface area contributed by atoms with Gasteiger partial charge in [-0.3, -0.25) is 4.79 Å². The largest absolute Gasteiger partial charge is 0.433 e. The zero-order valence-electron chi connectivity index (χ0n) is 13.0. The highest BCUT2D eigenvalue weighted by Gasteiger charge is 2.19. The summed E-state index contributed by atoms with van der Waals surface area (Å²) in [4.78, 5) is 18.7. The van der Waals surface area contributed by atoms with Crippen molar-refractivity contribution in [3.63, 3.8) is 0 Å². The van der Waals surface area contributed by atoms with Crippen molar-refractivity contribution in [2.75, 3.05) is 14.1 Å². The Morgan fingerprint density at radius 1 is 1.22 bits per heavy atom. The molecule has 23 heavy (non-hydrogen) atoms. The van der Waals surface area contributed by atoms with Crippen LogP contribution in [0.2, 0.25) is 10.0 Å². The predicted octanol–water partition coefficient (Wildman–Crippen LogP) is 4.36. The van der Waals surface area contributed by atoms with Crippen LogP contribution in [0.25, 0.3) is 0 Å². The molecule has 1 aromatic heterocycles. The summed E-state index contributed by atoms with van der Waals surface area (Å²) >= 11 is 12.0. The number of rotatable bonds is 5. The normalized spacial score (nSPS) is 11.3. The predicted molar refractivity (Wildman–Crippen MR) is 92.2 cm³/mol. The minimum Gasteiger partial charge on any atom is -0.433 e. The second-order valence-corrected chi connectivity index (χ2v) is 5.97. The number of benzene rings is 1. The van der Waals surface area contributed by atoms with Crippen LogP contribution < -0.4 is 4.74 Å².